The van der Waals surface area contributed by atoms with Gasteiger partial charge in [0.15, 0.2) is 0 Å². The minimum absolute atomic E-state index is 0. The lowest BCUT2D eigenvalue weighted by Gasteiger charge is -2.08. The SMILES string of the molecule is COc1ccc(Nc2nccc(NCCO)n2)cc1.Cl.O. The van der Waals surface area contributed by atoms with Crippen molar-refractivity contribution in [3.8, 4) is 5.75 Å². The first-order valence-electron chi connectivity index (χ1n) is 5.90. The number of hydrogen-bond acceptors (Lipinski definition) is 6. The van der Waals surface area contributed by atoms with E-state index in [1.54, 1.807) is 19.4 Å². The second kappa shape index (κ2) is 9.76. The topological polar surface area (TPSA) is 111 Å². The number of rotatable bonds is 6. The number of aliphatic hydroxyl groups excluding tert-OH is 1. The van der Waals surface area contributed by atoms with E-state index in [4.69, 9.17) is 9.84 Å². The molecule has 0 aliphatic carbocycles. The van der Waals surface area contributed by atoms with E-state index in [0.29, 0.717) is 18.3 Å². The smallest absolute Gasteiger partial charge is 0.229 e. The van der Waals surface area contributed by atoms with Crippen LogP contribution in [0.15, 0.2) is 36.5 Å². The number of hydrogen-bond donors (Lipinski definition) is 3. The highest BCUT2D eigenvalue weighted by Gasteiger charge is 2.00. The molecule has 0 unspecified atom stereocenters. The second-order valence-electron chi connectivity index (χ2n) is 3.77. The summed E-state index contributed by atoms with van der Waals surface area (Å²) in [4.78, 5) is 8.40. The summed E-state index contributed by atoms with van der Waals surface area (Å²) in [5.74, 6) is 1.96. The molecule has 8 heteroatoms. The van der Waals surface area contributed by atoms with E-state index in [2.05, 4.69) is 20.6 Å². The molecule has 0 radical (unpaired) electrons. The van der Waals surface area contributed by atoms with E-state index in [-0.39, 0.29) is 24.5 Å². The Balaban J connectivity index is 0.00000200. The highest BCUT2D eigenvalue weighted by molar-refractivity contribution is 5.85. The Morgan fingerprint density at radius 2 is 1.90 bits per heavy atom. The molecule has 0 amide bonds. The molecule has 0 fully saturated rings. The summed E-state index contributed by atoms with van der Waals surface area (Å²) in [6, 6.07) is 9.23. The van der Waals surface area contributed by atoms with Gasteiger partial charge in [-0.05, 0) is 30.3 Å². The summed E-state index contributed by atoms with van der Waals surface area (Å²) >= 11 is 0. The largest absolute Gasteiger partial charge is 0.497 e. The Morgan fingerprint density at radius 1 is 1.19 bits per heavy atom. The minimum Gasteiger partial charge on any atom is -0.497 e. The molecule has 0 aliphatic heterocycles. The van der Waals surface area contributed by atoms with Crippen molar-refractivity contribution in [3.05, 3.63) is 36.5 Å². The van der Waals surface area contributed by atoms with Crippen LogP contribution in [0.3, 0.4) is 0 Å². The quantitative estimate of drug-likeness (QED) is 0.739. The lowest BCUT2D eigenvalue weighted by atomic mass is 10.3. The molecular formula is C13H19ClN4O3. The molecular weight excluding hydrogens is 296 g/mol. The maximum Gasteiger partial charge on any atom is 0.229 e. The van der Waals surface area contributed by atoms with Crippen molar-refractivity contribution in [2.45, 2.75) is 0 Å². The number of methoxy groups -OCH3 is 1. The molecule has 2 aromatic rings. The van der Waals surface area contributed by atoms with E-state index in [9.17, 15) is 0 Å². The van der Waals surface area contributed by atoms with E-state index in [1.807, 2.05) is 24.3 Å². The molecule has 0 aliphatic rings. The van der Waals surface area contributed by atoms with E-state index in [0.717, 1.165) is 11.4 Å². The Bertz CT molecular complexity index is 525. The van der Waals surface area contributed by atoms with Crippen LogP contribution in [0.25, 0.3) is 0 Å². The summed E-state index contributed by atoms with van der Waals surface area (Å²) in [6.07, 6.45) is 1.65. The fourth-order valence-corrected chi connectivity index (χ4v) is 1.50. The van der Waals surface area contributed by atoms with Gasteiger partial charge in [-0.15, -0.1) is 12.4 Å². The number of aliphatic hydroxyl groups is 1. The predicted molar refractivity (Wildman–Crippen MR) is 84.7 cm³/mol. The first-order valence-corrected chi connectivity index (χ1v) is 5.90. The van der Waals surface area contributed by atoms with Gasteiger partial charge in [0.2, 0.25) is 5.95 Å². The van der Waals surface area contributed by atoms with Crippen molar-refractivity contribution in [2.75, 3.05) is 30.9 Å². The predicted octanol–water partition coefficient (Wildman–Crippen LogP) is 1.23. The number of anilines is 3. The van der Waals surface area contributed by atoms with Crippen molar-refractivity contribution >= 4 is 29.9 Å². The van der Waals surface area contributed by atoms with Gasteiger partial charge >= 0.3 is 0 Å². The van der Waals surface area contributed by atoms with E-state index >= 15 is 0 Å². The third kappa shape index (κ3) is 5.82. The fraction of sp³-hybridized carbons (Fsp3) is 0.231. The Labute approximate surface area is 129 Å². The molecule has 0 saturated carbocycles. The number of ether oxygens (including phenoxy) is 1. The van der Waals surface area contributed by atoms with Gasteiger partial charge in [-0.3, -0.25) is 0 Å². The van der Waals surface area contributed by atoms with Crippen molar-refractivity contribution in [2.24, 2.45) is 0 Å². The molecule has 0 bridgehead atoms. The number of benzene rings is 1. The van der Waals surface area contributed by atoms with Crippen molar-refractivity contribution in [3.63, 3.8) is 0 Å². The summed E-state index contributed by atoms with van der Waals surface area (Å²) < 4.78 is 5.09. The summed E-state index contributed by atoms with van der Waals surface area (Å²) in [5.41, 5.74) is 0.875. The number of nitrogens with one attached hydrogen (secondary N) is 2. The zero-order chi connectivity index (χ0) is 13.5. The third-order valence-electron chi connectivity index (χ3n) is 2.42. The van der Waals surface area contributed by atoms with Crippen LogP contribution in [-0.4, -0.2) is 40.8 Å². The lowest BCUT2D eigenvalue weighted by Crippen LogP contribution is -2.08. The van der Waals surface area contributed by atoms with Gasteiger partial charge in [0, 0.05) is 18.4 Å². The van der Waals surface area contributed by atoms with Gasteiger partial charge in [-0.1, -0.05) is 0 Å². The molecule has 1 heterocycles. The molecule has 21 heavy (non-hydrogen) atoms. The van der Waals surface area contributed by atoms with E-state index in [1.165, 1.54) is 0 Å². The highest BCUT2D eigenvalue weighted by Crippen LogP contribution is 2.18. The molecule has 0 atom stereocenters. The zero-order valence-corrected chi connectivity index (χ0v) is 12.4. The molecule has 1 aromatic heterocycles. The Kier molecular flexibility index (Phi) is 8.79. The Hall–Kier alpha value is -2.09. The molecule has 7 nitrogen and oxygen atoms in total. The van der Waals surface area contributed by atoms with Crippen LogP contribution in [0.2, 0.25) is 0 Å². The van der Waals surface area contributed by atoms with Gasteiger partial charge in [-0.2, -0.15) is 4.98 Å². The molecule has 1 aromatic carbocycles. The summed E-state index contributed by atoms with van der Waals surface area (Å²) in [7, 11) is 1.63. The molecule has 0 saturated heterocycles. The van der Waals surface area contributed by atoms with Gasteiger partial charge < -0.3 is 26.0 Å². The maximum absolute atomic E-state index is 8.75. The monoisotopic (exact) mass is 314 g/mol. The normalized spacial score (nSPS) is 9.05. The van der Waals surface area contributed by atoms with Crippen molar-refractivity contribution in [1.82, 2.24) is 9.97 Å². The fourth-order valence-electron chi connectivity index (χ4n) is 1.50. The first-order chi connectivity index (χ1) is 9.31. The zero-order valence-electron chi connectivity index (χ0n) is 11.5. The Morgan fingerprint density at radius 3 is 2.52 bits per heavy atom. The van der Waals surface area contributed by atoms with Crippen LogP contribution >= 0.6 is 12.4 Å². The second-order valence-corrected chi connectivity index (χ2v) is 3.77. The standard InChI is InChI=1S/C13H16N4O2.ClH.H2O/c1-19-11-4-2-10(3-5-11)16-13-15-7-6-12(17-13)14-8-9-18;;/h2-7,18H,8-9H2,1H3,(H2,14,15,16,17);1H;1H2. The van der Waals surface area contributed by atoms with E-state index < -0.39 is 0 Å². The number of aromatic nitrogens is 2. The molecule has 116 valence electrons. The van der Waals surface area contributed by atoms with Crippen LogP contribution in [0, 0.1) is 0 Å². The summed E-state index contributed by atoms with van der Waals surface area (Å²) in [6.45, 7) is 0.518. The third-order valence-corrected chi connectivity index (χ3v) is 2.42. The number of nitrogens with zero attached hydrogens (tertiary/aromatic N) is 2. The van der Waals surface area contributed by atoms with Gasteiger partial charge in [0.05, 0.1) is 13.7 Å². The average molecular weight is 315 g/mol. The van der Waals surface area contributed by atoms with Crippen LogP contribution in [-0.2, 0) is 0 Å². The molecule has 5 N–H and O–H groups in total. The van der Waals surface area contributed by atoms with Gasteiger partial charge in [0.1, 0.15) is 11.6 Å². The molecule has 0 spiro atoms. The van der Waals surface area contributed by atoms with Crippen LogP contribution in [0.4, 0.5) is 17.5 Å². The van der Waals surface area contributed by atoms with Crippen LogP contribution < -0.4 is 15.4 Å². The van der Waals surface area contributed by atoms with Gasteiger partial charge in [-0.25, -0.2) is 4.98 Å². The summed E-state index contributed by atoms with van der Waals surface area (Å²) in [5, 5.41) is 14.8. The average Bonchev–Trinajstić information content (AvgIpc) is 2.46. The van der Waals surface area contributed by atoms with Crippen molar-refractivity contribution in [1.29, 1.82) is 0 Å². The van der Waals surface area contributed by atoms with Crippen LogP contribution in [0.5, 0.6) is 5.75 Å². The maximum atomic E-state index is 8.75. The number of halogens is 1. The van der Waals surface area contributed by atoms with Gasteiger partial charge in [0.25, 0.3) is 0 Å². The minimum atomic E-state index is 0. The first kappa shape index (κ1) is 18.9. The van der Waals surface area contributed by atoms with Crippen LogP contribution in [0.1, 0.15) is 0 Å². The lowest BCUT2D eigenvalue weighted by molar-refractivity contribution is 0.311. The van der Waals surface area contributed by atoms with Crippen molar-refractivity contribution < 1.29 is 15.3 Å². The highest BCUT2D eigenvalue weighted by atomic mass is 35.5. The molecule has 2 rings (SSSR count).